The van der Waals surface area contributed by atoms with Crippen molar-refractivity contribution in [2.45, 2.75) is 13.5 Å². The molecule has 0 saturated carbocycles. The molecule has 4 nitrogen and oxygen atoms in total. The number of hydrogen-bond donors (Lipinski definition) is 1. The first-order valence-corrected chi connectivity index (χ1v) is 6.55. The Morgan fingerprint density at radius 1 is 1.50 bits per heavy atom. The molecule has 1 N–H and O–H groups in total. The third-order valence-electron chi connectivity index (χ3n) is 2.62. The van der Waals surface area contributed by atoms with Gasteiger partial charge < -0.3 is 10.0 Å². The lowest BCUT2D eigenvalue weighted by Gasteiger charge is -2.21. The Morgan fingerprint density at radius 2 is 2.33 bits per heavy atom. The second kappa shape index (κ2) is 5.64. The first-order chi connectivity index (χ1) is 8.70. The normalized spacial score (nSPS) is 10.3. The molecule has 2 aromatic rings. The zero-order valence-electron chi connectivity index (χ0n) is 10.0. The quantitative estimate of drug-likeness (QED) is 0.900. The Bertz CT molecular complexity index is 526. The van der Waals surface area contributed by atoms with Gasteiger partial charge in [0.15, 0.2) is 0 Å². The van der Waals surface area contributed by atoms with Crippen LogP contribution in [0.3, 0.4) is 0 Å². The number of carboxylic acids is 1. The second-order valence-corrected chi connectivity index (χ2v) is 4.83. The molecule has 2 rings (SSSR count). The standard InChI is InChI=1S/C13H14N2O2S/c1-2-15(9-11-4-3-7-18-11)12-8-10(13(16)17)5-6-14-12/h3-8H,2,9H2,1H3,(H,16,17). The van der Waals surface area contributed by atoms with E-state index in [9.17, 15) is 4.79 Å². The van der Waals surface area contributed by atoms with Crippen LogP contribution in [0.15, 0.2) is 35.8 Å². The Morgan fingerprint density at radius 3 is 2.94 bits per heavy atom. The molecule has 0 fully saturated rings. The molecular formula is C13H14N2O2S. The zero-order valence-corrected chi connectivity index (χ0v) is 10.9. The van der Waals surface area contributed by atoms with Gasteiger partial charge in [0.05, 0.1) is 12.1 Å². The lowest BCUT2D eigenvalue weighted by Crippen LogP contribution is -2.22. The zero-order chi connectivity index (χ0) is 13.0. The summed E-state index contributed by atoms with van der Waals surface area (Å²) in [5.74, 6) is -0.225. The highest BCUT2D eigenvalue weighted by atomic mass is 32.1. The molecule has 0 radical (unpaired) electrons. The maximum atomic E-state index is 10.9. The number of rotatable bonds is 5. The molecule has 0 aliphatic carbocycles. The predicted octanol–water partition coefficient (Wildman–Crippen LogP) is 2.87. The smallest absolute Gasteiger partial charge is 0.335 e. The summed E-state index contributed by atoms with van der Waals surface area (Å²) >= 11 is 1.69. The van der Waals surface area contributed by atoms with Crippen LogP contribution in [-0.2, 0) is 6.54 Å². The van der Waals surface area contributed by atoms with Gasteiger partial charge in [-0.25, -0.2) is 9.78 Å². The third kappa shape index (κ3) is 2.87. The van der Waals surface area contributed by atoms with E-state index in [2.05, 4.69) is 16.0 Å². The van der Waals surface area contributed by atoms with Crippen LogP contribution in [0.25, 0.3) is 0 Å². The minimum absolute atomic E-state index is 0.268. The highest BCUT2D eigenvalue weighted by molar-refractivity contribution is 7.09. The number of aromatic carboxylic acids is 1. The van der Waals surface area contributed by atoms with Crippen molar-refractivity contribution in [3.8, 4) is 0 Å². The number of thiophene rings is 1. The first kappa shape index (κ1) is 12.6. The fourth-order valence-electron chi connectivity index (χ4n) is 1.67. The van der Waals surface area contributed by atoms with E-state index in [1.807, 2.05) is 18.4 Å². The second-order valence-electron chi connectivity index (χ2n) is 3.80. The molecule has 0 amide bonds. The monoisotopic (exact) mass is 262 g/mol. The lowest BCUT2D eigenvalue weighted by molar-refractivity contribution is 0.0697. The first-order valence-electron chi connectivity index (χ1n) is 5.67. The van der Waals surface area contributed by atoms with Crippen LogP contribution in [0.5, 0.6) is 0 Å². The van der Waals surface area contributed by atoms with Crippen molar-refractivity contribution in [1.29, 1.82) is 0 Å². The highest BCUT2D eigenvalue weighted by Gasteiger charge is 2.10. The molecule has 94 valence electrons. The number of carboxylic acid groups (broad SMARTS) is 1. The lowest BCUT2D eigenvalue weighted by atomic mass is 10.2. The molecule has 2 heterocycles. The van der Waals surface area contributed by atoms with E-state index < -0.39 is 5.97 Å². The Labute approximate surface area is 110 Å². The van der Waals surface area contributed by atoms with Crippen molar-refractivity contribution in [2.75, 3.05) is 11.4 Å². The molecule has 0 saturated heterocycles. The number of nitrogens with zero attached hydrogens (tertiary/aromatic N) is 2. The molecular weight excluding hydrogens is 248 g/mol. The number of aromatic nitrogens is 1. The molecule has 0 aliphatic rings. The average molecular weight is 262 g/mol. The van der Waals surface area contributed by atoms with Gasteiger partial charge in [-0.3, -0.25) is 0 Å². The molecule has 0 bridgehead atoms. The van der Waals surface area contributed by atoms with E-state index in [-0.39, 0.29) is 5.56 Å². The van der Waals surface area contributed by atoms with Gasteiger partial charge in [0.2, 0.25) is 0 Å². The molecule has 0 aromatic carbocycles. The highest BCUT2D eigenvalue weighted by Crippen LogP contribution is 2.18. The van der Waals surface area contributed by atoms with Crippen molar-refractivity contribution in [2.24, 2.45) is 0 Å². The fourth-order valence-corrected chi connectivity index (χ4v) is 2.39. The van der Waals surface area contributed by atoms with Crippen LogP contribution < -0.4 is 4.90 Å². The molecule has 0 aliphatic heterocycles. The molecule has 2 aromatic heterocycles. The summed E-state index contributed by atoms with van der Waals surface area (Å²) in [6, 6.07) is 7.19. The topological polar surface area (TPSA) is 53.4 Å². The van der Waals surface area contributed by atoms with E-state index >= 15 is 0 Å². The Kier molecular flexibility index (Phi) is 3.94. The average Bonchev–Trinajstić information content (AvgIpc) is 2.89. The Hall–Kier alpha value is -1.88. The summed E-state index contributed by atoms with van der Waals surface area (Å²) in [6.07, 6.45) is 1.54. The van der Waals surface area contributed by atoms with E-state index in [4.69, 9.17) is 5.11 Å². The summed E-state index contributed by atoms with van der Waals surface area (Å²) < 4.78 is 0. The van der Waals surface area contributed by atoms with E-state index in [1.165, 1.54) is 17.1 Å². The van der Waals surface area contributed by atoms with Crippen LogP contribution in [0.1, 0.15) is 22.2 Å². The number of anilines is 1. The van der Waals surface area contributed by atoms with Gasteiger partial charge in [0, 0.05) is 17.6 Å². The summed E-state index contributed by atoms with van der Waals surface area (Å²) in [5.41, 5.74) is 0.268. The van der Waals surface area contributed by atoms with Crippen LogP contribution >= 0.6 is 11.3 Å². The van der Waals surface area contributed by atoms with Crippen molar-refractivity contribution in [3.05, 3.63) is 46.3 Å². The maximum absolute atomic E-state index is 10.9. The minimum atomic E-state index is -0.925. The summed E-state index contributed by atoms with van der Waals surface area (Å²) in [7, 11) is 0. The maximum Gasteiger partial charge on any atom is 0.335 e. The van der Waals surface area contributed by atoms with Crippen molar-refractivity contribution in [3.63, 3.8) is 0 Å². The largest absolute Gasteiger partial charge is 0.478 e. The van der Waals surface area contributed by atoms with Gasteiger partial charge in [0.1, 0.15) is 5.82 Å². The third-order valence-corrected chi connectivity index (χ3v) is 3.49. The summed E-state index contributed by atoms with van der Waals surface area (Å²) in [6.45, 7) is 3.57. The van der Waals surface area contributed by atoms with Gasteiger partial charge in [0.25, 0.3) is 0 Å². The van der Waals surface area contributed by atoms with E-state index in [1.54, 1.807) is 17.4 Å². The number of carbonyl (C=O) groups is 1. The van der Waals surface area contributed by atoms with E-state index in [0.29, 0.717) is 5.82 Å². The van der Waals surface area contributed by atoms with Gasteiger partial charge in [-0.2, -0.15) is 0 Å². The summed E-state index contributed by atoms with van der Waals surface area (Å²) in [5, 5.41) is 11.0. The van der Waals surface area contributed by atoms with Crippen molar-refractivity contribution in [1.82, 2.24) is 4.98 Å². The Balaban J connectivity index is 2.21. The predicted molar refractivity (Wildman–Crippen MR) is 72.2 cm³/mol. The minimum Gasteiger partial charge on any atom is -0.478 e. The van der Waals surface area contributed by atoms with Crippen molar-refractivity contribution < 1.29 is 9.90 Å². The number of pyridine rings is 1. The molecule has 5 heteroatoms. The van der Waals surface area contributed by atoms with Gasteiger partial charge in [-0.15, -0.1) is 11.3 Å². The molecule has 0 spiro atoms. The van der Waals surface area contributed by atoms with Gasteiger partial charge in [-0.1, -0.05) is 6.07 Å². The van der Waals surface area contributed by atoms with Gasteiger partial charge in [-0.05, 0) is 30.5 Å². The SMILES string of the molecule is CCN(Cc1cccs1)c1cc(C(=O)O)ccn1. The molecule has 0 atom stereocenters. The molecule has 18 heavy (non-hydrogen) atoms. The van der Waals surface area contributed by atoms with Crippen LogP contribution in [0, 0.1) is 0 Å². The van der Waals surface area contributed by atoms with Gasteiger partial charge >= 0.3 is 5.97 Å². The van der Waals surface area contributed by atoms with Crippen LogP contribution in [0.4, 0.5) is 5.82 Å². The van der Waals surface area contributed by atoms with E-state index in [0.717, 1.165) is 13.1 Å². The summed E-state index contributed by atoms with van der Waals surface area (Å²) in [4.78, 5) is 18.5. The molecule has 0 unspecified atom stereocenters. The van der Waals surface area contributed by atoms with Crippen molar-refractivity contribution >= 4 is 23.1 Å². The van der Waals surface area contributed by atoms with Crippen LogP contribution in [0.2, 0.25) is 0 Å². The van der Waals surface area contributed by atoms with Crippen LogP contribution in [-0.4, -0.2) is 22.6 Å². The number of hydrogen-bond acceptors (Lipinski definition) is 4. The fraction of sp³-hybridized carbons (Fsp3) is 0.231.